The van der Waals surface area contributed by atoms with E-state index in [1.807, 2.05) is 6.92 Å². The van der Waals surface area contributed by atoms with E-state index in [4.69, 9.17) is 18.9 Å². The second-order valence-corrected chi connectivity index (χ2v) is 13.8. The van der Waals surface area contributed by atoms with Gasteiger partial charge in [0, 0.05) is 13.1 Å². The summed E-state index contributed by atoms with van der Waals surface area (Å²) in [5, 5.41) is 2.76. The maximum atomic E-state index is 13.3. The number of rotatable bonds is 11. The summed E-state index contributed by atoms with van der Waals surface area (Å²) in [6.45, 7) is 24.9. The lowest BCUT2D eigenvalue weighted by atomic mass is 10.1. The van der Waals surface area contributed by atoms with Crippen LogP contribution in [0.25, 0.3) is 0 Å². The quantitative estimate of drug-likeness (QED) is 0.238. The van der Waals surface area contributed by atoms with Crippen molar-refractivity contribution < 1.29 is 38.1 Å². The summed E-state index contributed by atoms with van der Waals surface area (Å²) >= 11 is 0. The van der Waals surface area contributed by atoms with Crippen LogP contribution in [0.2, 0.25) is 0 Å². The number of carbonyl (C=O) groups is 4. The van der Waals surface area contributed by atoms with Crippen molar-refractivity contribution in [2.24, 2.45) is 0 Å². The van der Waals surface area contributed by atoms with Gasteiger partial charge >= 0.3 is 24.2 Å². The van der Waals surface area contributed by atoms with E-state index in [2.05, 4.69) is 10.2 Å². The van der Waals surface area contributed by atoms with E-state index in [1.165, 1.54) is 0 Å². The number of imide groups is 1. The topological polar surface area (TPSA) is 124 Å². The van der Waals surface area contributed by atoms with Gasteiger partial charge in [-0.15, -0.1) is 0 Å². The minimum Gasteiger partial charge on any atom is -0.458 e. The van der Waals surface area contributed by atoms with Crippen molar-refractivity contribution in [1.82, 2.24) is 15.1 Å². The highest BCUT2D eigenvalue weighted by atomic mass is 16.6. The summed E-state index contributed by atoms with van der Waals surface area (Å²) in [6.07, 6.45) is -0.983. The van der Waals surface area contributed by atoms with Gasteiger partial charge in [0.05, 0.1) is 0 Å². The third kappa shape index (κ3) is 17.9. The fourth-order valence-electron chi connectivity index (χ4n) is 3.46. The van der Waals surface area contributed by atoms with E-state index in [0.29, 0.717) is 26.1 Å². The number of esters is 1. The Morgan fingerprint density at radius 3 is 1.50 bits per heavy atom. The first-order chi connectivity index (χ1) is 17.9. The predicted molar refractivity (Wildman–Crippen MR) is 154 cm³/mol. The lowest BCUT2D eigenvalue weighted by molar-refractivity contribution is -0.161. The van der Waals surface area contributed by atoms with E-state index in [9.17, 15) is 19.2 Å². The van der Waals surface area contributed by atoms with Crippen molar-refractivity contribution in [3.05, 3.63) is 0 Å². The molecule has 1 atom stereocenters. The number of hydrogen-bond acceptors (Lipinski definition) is 9. The van der Waals surface area contributed by atoms with Crippen molar-refractivity contribution in [3.63, 3.8) is 0 Å². The molecule has 40 heavy (non-hydrogen) atoms. The summed E-state index contributed by atoms with van der Waals surface area (Å²) in [7, 11) is 0. The number of ether oxygens (including phenoxy) is 4. The Balaban J connectivity index is 5.81. The van der Waals surface area contributed by atoms with Gasteiger partial charge < -0.3 is 29.2 Å². The Bertz CT molecular complexity index is 804. The smallest absolute Gasteiger partial charge is 0.420 e. The fourth-order valence-corrected chi connectivity index (χ4v) is 3.46. The molecular weight excluding hydrogens is 518 g/mol. The molecule has 0 unspecified atom stereocenters. The number of nitrogens with zero attached hydrogens (tertiary/aromatic N) is 2. The van der Waals surface area contributed by atoms with Crippen molar-refractivity contribution in [1.29, 1.82) is 0 Å². The molecule has 11 nitrogen and oxygen atoms in total. The zero-order chi connectivity index (χ0) is 31.5. The molecule has 0 aromatic heterocycles. The van der Waals surface area contributed by atoms with E-state index >= 15 is 0 Å². The van der Waals surface area contributed by atoms with Crippen LogP contribution in [0, 0.1) is 0 Å². The van der Waals surface area contributed by atoms with E-state index in [0.717, 1.165) is 17.9 Å². The molecule has 0 rings (SSSR count). The van der Waals surface area contributed by atoms with Gasteiger partial charge in [-0.3, -0.25) is 0 Å². The lowest BCUT2D eigenvalue weighted by Crippen LogP contribution is -2.53. The average Bonchev–Trinajstić information content (AvgIpc) is 2.67. The van der Waals surface area contributed by atoms with Crippen LogP contribution in [0.15, 0.2) is 0 Å². The van der Waals surface area contributed by atoms with Gasteiger partial charge in [0.25, 0.3) is 0 Å². The Hall–Kier alpha value is -2.56. The Kier molecular flexibility index (Phi) is 14.5. The average molecular weight is 574 g/mol. The van der Waals surface area contributed by atoms with Gasteiger partial charge in [0.1, 0.15) is 28.4 Å². The lowest BCUT2D eigenvalue weighted by Gasteiger charge is -2.34. The molecule has 0 saturated heterocycles. The van der Waals surface area contributed by atoms with Crippen LogP contribution in [-0.2, 0) is 23.7 Å². The first-order valence-electron chi connectivity index (χ1n) is 14.1. The zero-order valence-corrected chi connectivity index (χ0v) is 27.2. The van der Waals surface area contributed by atoms with Crippen LogP contribution in [0.1, 0.15) is 109 Å². The Labute approximate surface area is 241 Å². The highest BCUT2D eigenvalue weighted by molar-refractivity contribution is 5.94. The van der Waals surface area contributed by atoms with Crippen molar-refractivity contribution in [3.8, 4) is 0 Å². The van der Waals surface area contributed by atoms with E-state index in [1.54, 1.807) is 83.1 Å². The molecule has 0 fully saturated rings. The van der Waals surface area contributed by atoms with E-state index < -0.39 is 52.7 Å². The molecule has 11 heteroatoms. The van der Waals surface area contributed by atoms with Crippen LogP contribution >= 0.6 is 0 Å². The second kappa shape index (κ2) is 15.4. The van der Waals surface area contributed by atoms with Gasteiger partial charge in [-0.25, -0.2) is 19.2 Å². The fraction of sp³-hybridized carbons (Fsp3) is 0.862. The third-order valence-corrected chi connectivity index (χ3v) is 4.76. The monoisotopic (exact) mass is 573 g/mol. The maximum absolute atomic E-state index is 13.3. The molecule has 0 bridgehead atoms. The van der Waals surface area contributed by atoms with Crippen molar-refractivity contribution in [2.75, 3.05) is 26.2 Å². The Morgan fingerprint density at radius 1 is 0.650 bits per heavy atom. The first-order valence-corrected chi connectivity index (χ1v) is 14.1. The summed E-state index contributed by atoms with van der Waals surface area (Å²) in [4.78, 5) is 54.7. The molecular formula is C29H55N3O8. The second-order valence-electron chi connectivity index (χ2n) is 13.8. The number of carbonyl (C=O) groups excluding carboxylic acids is 4. The summed E-state index contributed by atoms with van der Waals surface area (Å²) in [5.41, 5.74) is -3.24. The number of alkyl carbamates (subject to hydrolysis) is 1. The van der Waals surface area contributed by atoms with Gasteiger partial charge in [0.2, 0.25) is 0 Å². The molecule has 0 aromatic carbocycles. The molecule has 0 aliphatic carbocycles. The molecule has 0 saturated carbocycles. The highest BCUT2D eigenvalue weighted by Crippen LogP contribution is 2.22. The minimum atomic E-state index is -1.26. The van der Waals surface area contributed by atoms with Crippen LogP contribution in [0.3, 0.4) is 0 Å². The molecule has 0 heterocycles. The summed E-state index contributed by atoms with van der Waals surface area (Å²) < 4.78 is 21.9. The molecule has 234 valence electrons. The first kappa shape index (κ1) is 37.4. The maximum Gasteiger partial charge on any atom is 0.420 e. The summed E-state index contributed by atoms with van der Waals surface area (Å²) in [6, 6.07) is -1.26. The molecule has 0 aliphatic heterocycles. The highest BCUT2D eigenvalue weighted by Gasteiger charge is 2.42. The molecule has 1 N–H and O–H groups in total. The number of hydrogen-bond donors (Lipinski definition) is 1. The largest absolute Gasteiger partial charge is 0.458 e. The van der Waals surface area contributed by atoms with Gasteiger partial charge in [-0.05, 0) is 115 Å². The van der Waals surface area contributed by atoms with Crippen LogP contribution in [-0.4, -0.2) is 88.7 Å². The van der Waals surface area contributed by atoms with E-state index in [-0.39, 0.29) is 6.42 Å². The van der Waals surface area contributed by atoms with Crippen LogP contribution < -0.4 is 5.32 Å². The van der Waals surface area contributed by atoms with Crippen molar-refractivity contribution in [2.45, 2.75) is 138 Å². The van der Waals surface area contributed by atoms with Gasteiger partial charge in [-0.2, -0.15) is 4.90 Å². The minimum absolute atomic E-state index is 0.132. The van der Waals surface area contributed by atoms with Crippen molar-refractivity contribution >= 4 is 24.2 Å². The third-order valence-electron chi connectivity index (χ3n) is 4.76. The molecule has 0 spiro atoms. The Morgan fingerprint density at radius 2 is 1.10 bits per heavy atom. The van der Waals surface area contributed by atoms with Gasteiger partial charge in [0.15, 0.2) is 0 Å². The standard InChI is InChI=1S/C29H55N3O8/c1-14-18-31(20-17-30-23(34)38-27(5,6)7)19-15-16-21(22(33)37-26(2,3)4)32(24(35)39-28(8,9)10)25(36)40-29(11,12)13/h21H,14-20H2,1-13H3,(H,30,34)/t21-/m0/s1. The SMILES string of the molecule is CCCN(CCC[C@@H](C(=O)OC(C)(C)C)N(C(=O)OC(C)(C)C)C(=O)OC(C)(C)C)CCNC(=O)OC(C)(C)C. The van der Waals surface area contributed by atoms with Crippen LogP contribution in [0.4, 0.5) is 14.4 Å². The summed E-state index contributed by atoms with van der Waals surface area (Å²) in [5.74, 6) is -0.724. The normalized spacial score (nSPS) is 13.3. The molecule has 0 aliphatic rings. The molecule has 0 radical (unpaired) electrons. The zero-order valence-electron chi connectivity index (χ0n) is 27.2. The van der Waals surface area contributed by atoms with Crippen LogP contribution in [0.5, 0.6) is 0 Å². The molecule has 3 amide bonds. The molecule has 0 aromatic rings. The predicted octanol–water partition coefficient (Wildman–Crippen LogP) is 5.89. The number of nitrogens with one attached hydrogen (secondary N) is 1. The van der Waals surface area contributed by atoms with Gasteiger partial charge in [-0.1, -0.05) is 6.92 Å². The number of amides is 3.